The molecule has 1 saturated heterocycles. The molecule has 0 saturated carbocycles. The van der Waals surface area contributed by atoms with Gasteiger partial charge < -0.3 is 24.8 Å². The highest BCUT2D eigenvalue weighted by molar-refractivity contribution is 6.09. The molecule has 0 unspecified atom stereocenters. The topological polar surface area (TPSA) is 114 Å². The Labute approximate surface area is 197 Å². The predicted octanol–water partition coefficient (Wildman–Crippen LogP) is 3.73. The summed E-state index contributed by atoms with van der Waals surface area (Å²) in [6.07, 6.45) is 1.07. The molecular formula is C25H26N4O5. The van der Waals surface area contributed by atoms with E-state index in [2.05, 4.69) is 15.8 Å². The van der Waals surface area contributed by atoms with Crippen molar-refractivity contribution in [3.63, 3.8) is 0 Å². The summed E-state index contributed by atoms with van der Waals surface area (Å²) in [7, 11) is 1.56. The minimum absolute atomic E-state index is 0.132. The van der Waals surface area contributed by atoms with Crippen LogP contribution in [0.3, 0.4) is 0 Å². The van der Waals surface area contributed by atoms with Gasteiger partial charge in [0.15, 0.2) is 5.82 Å². The third-order valence-corrected chi connectivity index (χ3v) is 5.79. The summed E-state index contributed by atoms with van der Waals surface area (Å²) in [6.45, 7) is 2.63. The zero-order chi connectivity index (χ0) is 24.1. The standard InChI is InChI=1S/C25H26N4O5/c1-16-15-22(28-34-16)27-24(31)18-11-13-29(14-12-18)25(32)20-5-3-4-6-21(20)26-23(30)17-7-9-19(33-2)10-8-17/h3-10,15,18H,11-14H2,1-2H3,(H,26,30)(H,27,28,31). The number of para-hydroxylation sites is 1. The van der Waals surface area contributed by atoms with Gasteiger partial charge in [0, 0.05) is 30.6 Å². The van der Waals surface area contributed by atoms with Crippen LogP contribution in [0.5, 0.6) is 5.75 Å². The molecule has 9 heteroatoms. The molecule has 2 N–H and O–H groups in total. The lowest BCUT2D eigenvalue weighted by molar-refractivity contribution is -0.121. The lowest BCUT2D eigenvalue weighted by atomic mass is 9.95. The molecule has 0 atom stereocenters. The molecule has 3 aromatic rings. The number of ether oxygens (including phenoxy) is 1. The van der Waals surface area contributed by atoms with E-state index in [1.54, 1.807) is 73.5 Å². The second-order valence-electron chi connectivity index (χ2n) is 8.11. The number of likely N-dealkylation sites (tertiary alicyclic amines) is 1. The Balaban J connectivity index is 1.38. The van der Waals surface area contributed by atoms with Crippen LogP contribution < -0.4 is 15.4 Å². The van der Waals surface area contributed by atoms with Crippen LogP contribution in [0.1, 0.15) is 39.3 Å². The minimum atomic E-state index is -0.318. The predicted molar refractivity (Wildman–Crippen MR) is 126 cm³/mol. The van der Waals surface area contributed by atoms with Gasteiger partial charge in [0.25, 0.3) is 11.8 Å². The van der Waals surface area contributed by atoms with Crippen molar-refractivity contribution in [2.24, 2.45) is 5.92 Å². The highest BCUT2D eigenvalue weighted by Gasteiger charge is 2.29. The first kappa shape index (κ1) is 23.0. The second-order valence-corrected chi connectivity index (χ2v) is 8.11. The molecule has 2 aromatic carbocycles. The van der Waals surface area contributed by atoms with Gasteiger partial charge in [0.05, 0.1) is 18.4 Å². The van der Waals surface area contributed by atoms with Crippen LogP contribution in [0.15, 0.2) is 59.1 Å². The third-order valence-electron chi connectivity index (χ3n) is 5.79. The van der Waals surface area contributed by atoms with Crippen LogP contribution in [-0.2, 0) is 4.79 Å². The Bertz CT molecular complexity index is 1180. The molecule has 4 rings (SSSR count). The van der Waals surface area contributed by atoms with Crippen molar-refractivity contribution in [2.75, 3.05) is 30.8 Å². The maximum Gasteiger partial charge on any atom is 0.255 e. The van der Waals surface area contributed by atoms with Gasteiger partial charge in [-0.05, 0) is 56.2 Å². The van der Waals surface area contributed by atoms with Gasteiger partial charge in [-0.2, -0.15) is 0 Å². The number of nitrogens with zero attached hydrogens (tertiary/aromatic N) is 2. The molecule has 3 amide bonds. The van der Waals surface area contributed by atoms with E-state index in [0.29, 0.717) is 60.1 Å². The summed E-state index contributed by atoms with van der Waals surface area (Å²) in [5.41, 5.74) is 1.30. The van der Waals surface area contributed by atoms with Crippen LogP contribution in [0.2, 0.25) is 0 Å². The molecule has 0 radical (unpaired) electrons. The fraction of sp³-hybridized carbons (Fsp3) is 0.280. The third kappa shape index (κ3) is 5.25. The summed E-state index contributed by atoms with van der Waals surface area (Å²) in [4.78, 5) is 40.2. The van der Waals surface area contributed by atoms with Crippen molar-refractivity contribution < 1.29 is 23.6 Å². The number of benzene rings is 2. The number of carbonyl (C=O) groups excluding carboxylic acids is 3. The van der Waals surface area contributed by atoms with Crippen molar-refractivity contribution in [3.05, 3.63) is 71.5 Å². The fourth-order valence-electron chi connectivity index (χ4n) is 3.88. The first-order valence-electron chi connectivity index (χ1n) is 11.0. The van der Waals surface area contributed by atoms with E-state index in [1.165, 1.54) is 0 Å². The number of aromatic nitrogens is 1. The first-order valence-corrected chi connectivity index (χ1v) is 11.0. The second kappa shape index (κ2) is 10.2. The van der Waals surface area contributed by atoms with Crippen LogP contribution in [-0.4, -0.2) is 48.0 Å². The van der Waals surface area contributed by atoms with Gasteiger partial charge in [-0.15, -0.1) is 0 Å². The largest absolute Gasteiger partial charge is 0.497 e. The van der Waals surface area contributed by atoms with Crippen molar-refractivity contribution in [2.45, 2.75) is 19.8 Å². The molecular weight excluding hydrogens is 436 g/mol. The lowest BCUT2D eigenvalue weighted by Gasteiger charge is -2.31. The Morgan fingerprint density at radius 3 is 2.38 bits per heavy atom. The van der Waals surface area contributed by atoms with E-state index < -0.39 is 0 Å². The molecule has 2 heterocycles. The van der Waals surface area contributed by atoms with Crippen molar-refractivity contribution in [1.29, 1.82) is 0 Å². The molecule has 176 valence electrons. The van der Waals surface area contributed by atoms with Crippen molar-refractivity contribution in [1.82, 2.24) is 10.1 Å². The van der Waals surface area contributed by atoms with E-state index in [-0.39, 0.29) is 23.6 Å². The Morgan fingerprint density at radius 1 is 1.03 bits per heavy atom. The van der Waals surface area contributed by atoms with Gasteiger partial charge >= 0.3 is 0 Å². The smallest absolute Gasteiger partial charge is 0.255 e. The summed E-state index contributed by atoms with van der Waals surface area (Å²) >= 11 is 0. The van der Waals surface area contributed by atoms with Gasteiger partial charge in [0.2, 0.25) is 5.91 Å². The Hall–Kier alpha value is -4.14. The van der Waals surface area contributed by atoms with E-state index in [1.807, 2.05) is 0 Å². The molecule has 0 aliphatic carbocycles. The number of hydrogen-bond donors (Lipinski definition) is 2. The monoisotopic (exact) mass is 462 g/mol. The van der Waals surface area contributed by atoms with Crippen LogP contribution in [0.25, 0.3) is 0 Å². The van der Waals surface area contributed by atoms with E-state index in [0.717, 1.165) is 0 Å². The molecule has 0 spiro atoms. The highest BCUT2D eigenvalue weighted by atomic mass is 16.5. The number of carbonyl (C=O) groups is 3. The maximum atomic E-state index is 13.2. The van der Waals surface area contributed by atoms with E-state index in [4.69, 9.17) is 9.26 Å². The molecule has 1 aromatic heterocycles. The highest BCUT2D eigenvalue weighted by Crippen LogP contribution is 2.24. The number of amides is 3. The van der Waals surface area contributed by atoms with Crippen LogP contribution in [0, 0.1) is 12.8 Å². The molecule has 34 heavy (non-hydrogen) atoms. The normalized spacial score (nSPS) is 13.9. The van der Waals surface area contributed by atoms with E-state index in [9.17, 15) is 14.4 Å². The lowest BCUT2D eigenvalue weighted by Crippen LogP contribution is -2.41. The summed E-state index contributed by atoms with van der Waals surface area (Å²) in [6, 6.07) is 15.3. The maximum absolute atomic E-state index is 13.2. The Morgan fingerprint density at radius 2 is 1.74 bits per heavy atom. The number of hydrogen-bond acceptors (Lipinski definition) is 6. The fourth-order valence-corrected chi connectivity index (χ4v) is 3.88. The SMILES string of the molecule is COc1ccc(C(=O)Nc2ccccc2C(=O)N2CCC(C(=O)Nc3cc(C)on3)CC2)cc1. The number of nitrogens with one attached hydrogen (secondary N) is 2. The van der Waals surface area contributed by atoms with Gasteiger partial charge in [-0.1, -0.05) is 17.3 Å². The van der Waals surface area contributed by atoms with Crippen molar-refractivity contribution in [3.8, 4) is 5.75 Å². The number of methoxy groups -OCH3 is 1. The number of piperidine rings is 1. The van der Waals surface area contributed by atoms with Gasteiger partial charge in [-0.25, -0.2) is 0 Å². The molecule has 1 aliphatic rings. The van der Waals surface area contributed by atoms with Gasteiger partial charge in [0.1, 0.15) is 11.5 Å². The molecule has 0 bridgehead atoms. The quantitative estimate of drug-likeness (QED) is 0.577. The van der Waals surface area contributed by atoms with E-state index >= 15 is 0 Å². The summed E-state index contributed by atoms with van der Waals surface area (Å²) in [5.74, 6) is 0.813. The summed E-state index contributed by atoms with van der Waals surface area (Å²) < 4.78 is 10.1. The zero-order valence-corrected chi connectivity index (χ0v) is 19.0. The van der Waals surface area contributed by atoms with Gasteiger partial charge in [-0.3, -0.25) is 14.4 Å². The molecule has 1 fully saturated rings. The van der Waals surface area contributed by atoms with Crippen LogP contribution >= 0.6 is 0 Å². The number of anilines is 2. The number of rotatable bonds is 6. The molecule has 9 nitrogen and oxygen atoms in total. The Kier molecular flexibility index (Phi) is 6.91. The number of aryl methyl sites for hydroxylation is 1. The van der Waals surface area contributed by atoms with Crippen molar-refractivity contribution >= 4 is 29.2 Å². The minimum Gasteiger partial charge on any atom is -0.497 e. The zero-order valence-electron chi connectivity index (χ0n) is 19.0. The molecule has 1 aliphatic heterocycles. The van der Waals surface area contributed by atoms with Crippen LogP contribution in [0.4, 0.5) is 11.5 Å². The first-order chi connectivity index (χ1) is 16.4. The average Bonchev–Trinajstić information content (AvgIpc) is 3.28. The summed E-state index contributed by atoms with van der Waals surface area (Å²) in [5, 5.41) is 9.38. The average molecular weight is 463 g/mol.